The number of halogens is 2. The number of methoxy groups -OCH3 is 1. The van der Waals surface area contributed by atoms with Crippen molar-refractivity contribution in [3.05, 3.63) is 35.4 Å². The topological polar surface area (TPSA) is 75.6 Å². The van der Waals surface area contributed by atoms with Gasteiger partial charge in [-0.2, -0.15) is 0 Å². The molecule has 5 nitrogen and oxygen atoms in total. The lowest BCUT2D eigenvalue weighted by Gasteiger charge is -2.11. The molecule has 0 aromatic heterocycles. The smallest absolute Gasteiger partial charge is 0.334 e. The van der Waals surface area contributed by atoms with Crippen LogP contribution in [0.1, 0.15) is 5.56 Å². The molecular weight excluding hydrogens is 260 g/mol. The zero-order chi connectivity index (χ0) is 14.4. The van der Waals surface area contributed by atoms with Gasteiger partial charge in [-0.1, -0.05) is 12.1 Å². The highest BCUT2D eigenvalue weighted by molar-refractivity contribution is 5.80. The van der Waals surface area contributed by atoms with Gasteiger partial charge in [0, 0.05) is 12.7 Å². The van der Waals surface area contributed by atoms with Crippen LogP contribution in [-0.2, 0) is 20.7 Å². The summed E-state index contributed by atoms with van der Waals surface area (Å²) in [5.74, 6) is -3.96. The van der Waals surface area contributed by atoms with Gasteiger partial charge in [-0.3, -0.25) is 4.79 Å². The third-order valence-corrected chi connectivity index (χ3v) is 2.43. The first-order valence-electron chi connectivity index (χ1n) is 5.41. The van der Waals surface area contributed by atoms with Gasteiger partial charge in [-0.05, 0) is 6.07 Å². The predicted molar refractivity (Wildman–Crippen MR) is 61.5 cm³/mol. The van der Waals surface area contributed by atoms with Crippen LogP contribution >= 0.6 is 0 Å². The first-order valence-corrected chi connectivity index (χ1v) is 5.41. The number of rotatable bonds is 6. The molecule has 1 aromatic rings. The molecule has 104 valence electrons. The zero-order valence-corrected chi connectivity index (χ0v) is 10.2. The Kier molecular flexibility index (Phi) is 5.37. The van der Waals surface area contributed by atoms with Crippen molar-refractivity contribution in [3.8, 4) is 0 Å². The number of nitrogens with one attached hydrogen (secondary N) is 1. The van der Waals surface area contributed by atoms with E-state index in [2.05, 4.69) is 10.1 Å². The summed E-state index contributed by atoms with van der Waals surface area (Å²) in [7, 11) is 1.19. The number of carboxylic acid groups (broad SMARTS) is 1. The highest BCUT2D eigenvalue weighted by Gasteiger charge is 2.18. The number of carbonyl (C=O) groups is 2. The summed E-state index contributed by atoms with van der Waals surface area (Å²) in [5.41, 5.74) is -0.0956. The Morgan fingerprint density at radius 2 is 2.11 bits per heavy atom. The lowest BCUT2D eigenvalue weighted by molar-refractivity contribution is -0.148. The van der Waals surface area contributed by atoms with Crippen LogP contribution < -0.4 is 5.32 Å². The van der Waals surface area contributed by atoms with Gasteiger partial charge < -0.3 is 15.2 Å². The van der Waals surface area contributed by atoms with Crippen LogP contribution in [-0.4, -0.2) is 36.7 Å². The number of carbonyl (C=O) groups excluding carboxylic acids is 1. The predicted octanol–water partition coefficient (Wildman–Crippen LogP) is 0.723. The van der Waals surface area contributed by atoms with Crippen molar-refractivity contribution in [1.29, 1.82) is 0 Å². The van der Waals surface area contributed by atoms with Crippen LogP contribution in [0.4, 0.5) is 8.78 Å². The van der Waals surface area contributed by atoms with E-state index in [1.54, 1.807) is 0 Å². The molecule has 7 heteroatoms. The molecule has 2 N–H and O–H groups in total. The van der Waals surface area contributed by atoms with Crippen molar-refractivity contribution in [2.24, 2.45) is 0 Å². The van der Waals surface area contributed by atoms with Crippen molar-refractivity contribution in [2.75, 3.05) is 13.7 Å². The Bertz CT molecular complexity index is 479. The molecule has 0 spiro atoms. The maximum absolute atomic E-state index is 13.3. The summed E-state index contributed by atoms with van der Waals surface area (Å²) in [4.78, 5) is 22.1. The van der Waals surface area contributed by atoms with Crippen LogP contribution in [0.15, 0.2) is 18.2 Å². The van der Waals surface area contributed by atoms with Crippen molar-refractivity contribution in [1.82, 2.24) is 5.32 Å². The van der Waals surface area contributed by atoms with Gasteiger partial charge >= 0.3 is 5.97 Å². The molecule has 0 saturated heterocycles. The zero-order valence-electron chi connectivity index (χ0n) is 10.2. The molecule has 0 heterocycles. The van der Waals surface area contributed by atoms with Crippen LogP contribution in [0.5, 0.6) is 0 Å². The molecule has 0 aliphatic carbocycles. The fourth-order valence-corrected chi connectivity index (χ4v) is 1.40. The Morgan fingerprint density at radius 1 is 1.42 bits per heavy atom. The summed E-state index contributed by atoms with van der Waals surface area (Å²) in [6.07, 6.45) is -1.55. The first-order chi connectivity index (χ1) is 8.95. The number of aliphatic carboxylic acids is 1. The number of carboxylic acids is 1. The number of hydrogen-bond acceptors (Lipinski definition) is 3. The van der Waals surface area contributed by atoms with Gasteiger partial charge in [0.15, 0.2) is 17.7 Å². The molecule has 0 saturated carbocycles. The van der Waals surface area contributed by atoms with Gasteiger partial charge in [-0.25, -0.2) is 13.6 Å². The van der Waals surface area contributed by atoms with Gasteiger partial charge in [0.25, 0.3) is 0 Å². The van der Waals surface area contributed by atoms with Crippen molar-refractivity contribution < 1.29 is 28.2 Å². The summed E-state index contributed by atoms with van der Waals surface area (Å²) in [6, 6.07) is 3.52. The van der Waals surface area contributed by atoms with E-state index in [0.29, 0.717) is 0 Å². The highest BCUT2D eigenvalue weighted by atomic mass is 19.2. The maximum Gasteiger partial charge on any atom is 0.334 e. The minimum atomic E-state index is -1.22. The molecule has 0 radical (unpaired) electrons. The summed E-state index contributed by atoms with van der Waals surface area (Å²) >= 11 is 0. The minimum Gasteiger partial charge on any atom is -0.479 e. The maximum atomic E-state index is 13.3. The molecule has 0 fully saturated rings. The number of amides is 1. The van der Waals surface area contributed by atoms with Gasteiger partial charge in [-0.15, -0.1) is 0 Å². The molecule has 1 amide bonds. The van der Waals surface area contributed by atoms with Crippen LogP contribution in [0, 0.1) is 11.6 Å². The quantitative estimate of drug-likeness (QED) is 0.801. The van der Waals surface area contributed by atoms with E-state index in [0.717, 1.165) is 6.07 Å². The van der Waals surface area contributed by atoms with E-state index in [4.69, 9.17) is 5.11 Å². The number of hydrogen-bond donors (Lipinski definition) is 2. The summed E-state index contributed by atoms with van der Waals surface area (Å²) in [5, 5.41) is 10.9. The lowest BCUT2D eigenvalue weighted by Crippen LogP contribution is -2.38. The fraction of sp³-hybridized carbons (Fsp3) is 0.333. The Morgan fingerprint density at radius 3 is 2.68 bits per heavy atom. The number of ether oxygens (including phenoxy) is 1. The standard InChI is InChI=1S/C12H13F2NO4/c1-19-9(12(17)18)6-15-10(16)5-7-3-2-4-8(13)11(7)14/h2-4,9H,5-6H2,1H3,(H,15,16)(H,17,18). The molecule has 0 aliphatic heterocycles. The number of benzene rings is 1. The average molecular weight is 273 g/mol. The van der Waals surface area contributed by atoms with Crippen molar-refractivity contribution in [3.63, 3.8) is 0 Å². The van der Waals surface area contributed by atoms with E-state index in [-0.39, 0.29) is 18.5 Å². The second-order valence-electron chi connectivity index (χ2n) is 3.76. The van der Waals surface area contributed by atoms with E-state index in [1.165, 1.54) is 19.2 Å². The van der Waals surface area contributed by atoms with Crippen LogP contribution in [0.3, 0.4) is 0 Å². The molecule has 0 bridgehead atoms. The minimum absolute atomic E-state index is 0.0956. The van der Waals surface area contributed by atoms with E-state index in [1.807, 2.05) is 0 Å². The second-order valence-corrected chi connectivity index (χ2v) is 3.76. The van der Waals surface area contributed by atoms with Crippen molar-refractivity contribution in [2.45, 2.75) is 12.5 Å². The Labute approximate surface area is 108 Å². The summed E-state index contributed by atoms with van der Waals surface area (Å²) in [6.45, 7) is -0.248. The van der Waals surface area contributed by atoms with Crippen LogP contribution in [0.25, 0.3) is 0 Å². The van der Waals surface area contributed by atoms with Gasteiger partial charge in [0.2, 0.25) is 5.91 Å². The normalized spacial score (nSPS) is 11.9. The molecule has 0 aliphatic rings. The SMILES string of the molecule is COC(CNC(=O)Cc1cccc(F)c1F)C(=O)O. The molecular formula is C12H13F2NO4. The van der Waals surface area contributed by atoms with E-state index < -0.39 is 29.6 Å². The third kappa shape index (κ3) is 4.29. The highest BCUT2D eigenvalue weighted by Crippen LogP contribution is 2.11. The lowest BCUT2D eigenvalue weighted by atomic mass is 10.1. The Balaban J connectivity index is 2.56. The average Bonchev–Trinajstić information content (AvgIpc) is 2.35. The summed E-state index contributed by atoms with van der Waals surface area (Å²) < 4.78 is 30.8. The largest absolute Gasteiger partial charge is 0.479 e. The second kappa shape index (κ2) is 6.79. The Hall–Kier alpha value is -2.02. The van der Waals surface area contributed by atoms with E-state index in [9.17, 15) is 18.4 Å². The third-order valence-electron chi connectivity index (χ3n) is 2.43. The van der Waals surface area contributed by atoms with Gasteiger partial charge in [0.05, 0.1) is 13.0 Å². The van der Waals surface area contributed by atoms with Crippen LogP contribution in [0.2, 0.25) is 0 Å². The fourth-order valence-electron chi connectivity index (χ4n) is 1.40. The van der Waals surface area contributed by atoms with E-state index >= 15 is 0 Å². The molecule has 1 unspecified atom stereocenters. The molecule has 19 heavy (non-hydrogen) atoms. The molecule has 1 atom stereocenters. The molecule has 1 aromatic carbocycles. The molecule has 1 rings (SSSR count). The van der Waals surface area contributed by atoms with Crippen molar-refractivity contribution >= 4 is 11.9 Å². The first kappa shape index (κ1) is 15.0. The monoisotopic (exact) mass is 273 g/mol. The van der Waals surface area contributed by atoms with Gasteiger partial charge in [0.1, 0.15) is 0 Å².